The van der Waals surface area contributed by atoms with Gasteiger partial charge in [0.1, 0.15) is 12.7 Å². The van der Waals surface area contributed by atoms with E-state index < -0.39 is 5.97 Å². The maximum atomic E-state index is 11.1. The summed E-state index contributed by atoms with van der Waals surface area (Å²) in [7, 11) is 0. The summed E-state index contributed by atoms with van der Waals surface area (Å²) in [5.41, 5.74) is 3.75. The van der Waals surface area contributed by atoms with E-state index in [0.29, 0.717) is 0 Å². The molecule has 122 valence electrons. The monoisotopic (exact) mass is 343 g/mol. The van der Waals surface area contributed by atoms with Gasteiger partial charge < -0.3 is 9.67 Å². The molecule has 2 heterocycles. The number of aromatic nitrogens is 4. The zero-order valence-electron chi connectivity index (χ0n) is 13.0. The summed E-state index contributed by atoms with van der Waals surface area (Å²) < 4.78 is 3.50. The Labute approximate surface area is 142 Å². The Hall–Kier alpha value is -2.93. The Kier molecular flexibility index (Phi) is 4.18. The molecule has 0 saturated heterocycles. The summed E-state index contributed by atoms with van der Waals surface area (Å²) in [5.74, 6) is -1.05. The second-order valence-corrected chi connectivity index (χ2v) is 5.62. The van der Waals surface area contributed by atoms with Crippen molar-refractivity contribution in [2.75, 3.05) is 0 Å². The van der Waals surface area contributed by atoms with Gasteiger partial charge in [-0.2, -0.15) is 5.10 Å². The van der Waals surface area contributed by atoms with Crippen molar-refractivity contribution in [3.05, 3.63) is 64.5 Å². The van der Waals surface area contributed by atoms with E-state index in [9.17, 15) is 4.79 Å². The summed E-state index contributed by atoms with van der Waals surface area (Å²) in [5, 5.41) is 20.9. The van der Waals surface area contributed by atoms with Crippen molar-refractivity contribution in [2.24, 2.45) is 5.10 Å². The first-order chi connectivity index (χ1) is 11.5. The number of aromatic carboxylic acids is 1. The third-order valence-corrected chi connectivity index (χ3v) is 3.96. The van der Waals surface area contributed by atoms with Crippen LogP contribution in [0.3, 0.4) is 0 Å². The lowest BCUT2D eigenvalue weighted by molar-refractivity contribution is 0.0697. The maximum Gasteiger partial charge on any atom is 0.337 e. The van der Waals surface area contributed by atoms with E-state index in [1.54, 1.807) is 18.3 Å². The highest BCUT2D eigenvalue weighted by Gasteiger charge is 2.13. The van der Waals surface area contributed by atoms with E-state index >= 15 is 0 Å². The minimum absolute atomic E-state index is 0.0808. The van der Waals surface area contributed by atoms with Gasteiger partial charge in [-0.15, -0.1) is 10.2 Å². The van der Waals surface area contributed by atoms with Crippen LogP contribution < -0.4 is 0 Å². The van der Waals surface area contributed by atoms with E-state index in [4.69, 9.17) is 16.7 Å². The van der Waals surface area contributed by atoms with Gasteiger partial charge in [-0.25, -0.2) is 9.47 Å². The van der Waals surface area contributed by atoms with Gasteiger partial charge in [0.15, 0.2) is 0 Å². The number of carbonyl (C=O) groups is 1. The summed E-state index contributed by atoms with van der Waals surface area (Å²) >= 11 is 6.08. The van der Waals surface area contributed by atoms with E-state index in [1.807, 2.05) is 24.5 Å². The number of halogens is 1. The second-order valence-electron chi connectivity index (χ2n) is 5.22. The molecule has 0 spiro atoms. The molecule has 3 aromatic rings. The molecule has 0 bridgehead atoms. The molecule has 0 atom stereocenters. The molecule has 0 fully saturated rings. The summed E-state index contributed by atoms with van der Waals surface area (Å²) in [4.78, 5) is 11.1. The largest absolute Gasteiger partial charge is 0.478 e. The van der Waals surface area contributed by atoms with Gasteiger partial charge in [-0.1, -0.05) is 11.6 Å². The summed E-state index contributed by atoms with van der Waals surface area (Å²) in [6, 6.07) is 6.87. The van der Waals surface area contributed by atoms with Gasteiger partial charge in [0.2, 0.25) is 0 Å². The molecule has 0 amide bonds. The van der Waals surface area contributed by atoms with Crippen LogP contribution in [0.5, 0.6) is 0 Å². The molecule has 2 aromatic heterocycles. The van der Waals surface area contributed by atoms with Crippen LogP contribution in [0.25, 0.3) is 5.69 Å². The first-order valence-corrected chi connectivity index (χ1v) is 7.46. The molecule has 0 unspecified atom stereocenters. The molecule has 1 aromatic carbocycles. The lowest BCUT2D eigenvalue weighted by atomic mass is 10.2. The maximum absolute atomic E-state index is 11.1. The first-order valence-electron chi connectivity index (χ1n) is 7.08. The first kappa shape index (κ1) is 15.9. The van der Waals surface area contributed by atoms with Crippen LogP contribution in [0.4, 0.5) is 0 Å². The molecule has 8 heteroatoms. The molecular weight excluding hydrogens is 330 g/mol. The van der Waals surface area contributed by atoms with Gasteiger partial charge >= 0.3 is 5.97 Å². The van der Waals surface area contributed by atoms with Gasteiger partial charge in [0.25, 0.3) is 0 Å². The van der Waals surface area contributed by atoms with Crippen molar-refractivity contribution in [1.82, 2.24) is 19.4 Å². The van der Waals surface area contributed by atoms with Crippen LogP contribution in [0.15, 0.2) is 42.0 Å². The highest BCUT2D eigenvalue weighted by atomic mass is 35.5. The number of carboxylic acids is 1. The molecule has 24 heavy (non-hydrogen) atoms. The van der Waals surface area contributed by atoms with Crippen molar-refractivity contribution in [3.63, 3.8) is 0 Å². The van der Waals surface area contributed by atoms with E-state index in [1.165, 1.54) is 23.4 Å². The smallest absolute Gasteiger partial charge is 0.337 e. The van der Waals surface area contributed by atoms with Crippen molar-refractivity contribution < 1.29 is 9.90 Å². The zero-order chi connectivity index (χ0) is 17.3. The Morgan fingerprint density at radius 1 is 1.25 bits per heavy atom. The average molecular weight is 344 g/mol. The minimum atomic E-state index is -1.05. The highest BCUT2D eigenvalue weighted by molar-refractivity contribution is 6.33. The van der Waals surface area contributed by atoms with Crippen molar-refractivity contribution in [1.29, 1.82) is 0 Å². The number of hydrogen-bond acceptors (Lipinski definition) is 4. The Morgan fingerprint density at radius 3 is 2.58 bits per heavy atom. The van der Waals surface area contributed by atoms with Crippen LogP contribution in [0, 0.1) is 13.8 Å². The number of carboxylic acid groups (broad SMARTS) is 1. The van der Waals surface area contributed by atoms with Crippen LogP contribution in [-0.2, 0) is 0 Å². The number of rotatable bonds is 4. The summed E-state index contributed by atoms with van der Waals surface area (Å²) in [6.45, 7) is 3.92. The van der Waals surface area contributed by atoms with E-state index in [-0.39, 0.29) is 10.6 Å². The fourth-order valence-corrected chi connectivity index (χ4v) is 2.77. The third kappa shape index (κ3) is 2.93. The molecule has 0 radical (unpaired) electrons. The molecular formula is C16H14ClN5O2. The lowest BCUT2D eigenvalue weighted by Gasteiger charge is -2.11. The predicted molar refractivity (Wildman–Crippen MR) is 90.2 cm³/mol. The molecule has 3 rings (SSSR count). The van der Waals surface area contributed by atoms with Crippen LogP contribution >= 0.6 is 11.6 Å². The van der Waals surface area contributed by atoms with Crippen molar-refractivity contribution >= 4 is 23.8 Å². The average Bonchev–Trinajstić information content (AvgIpc) is 3.13. The van der Waals surface area contributed by atoms with E-state index in [2.05, 4.69) is 15.3 Å². The normalized spacial score (nSPS) is 11.3. The number of aryl methyl sites for hydroxylation is 1. The minimum Gasteiger partial charge on any atom is -0.478 e. The van der Waals surface area contributed by atoms with Gasteiger partial charge in [-0.3, -0.25) is 0 Å². The topological polar surface area (TPSA) is 85.3 Å². The Morgan fingerprint density at radius 2 is 1.96 bits per heavy atom. The molecule has 0 aliphatic carbocycles. The molecule has 0 aliphatic rings. The van der Waals surface area contributed by atoms with Crippen LogP contribution in [-0.4, -0.2) is 36.7 Å². The molecule has 1 N–H and O–H groups in total. The van der Waals surface area contributed by atoms with Crippen LogP contribution in [0.2, 0.25) is 5.02 Å². The predicted octanol–water partition coefficient (Wildman–Crippen LogP) is 2.92. The number of nitrogens with zero attached hydrogens (tertiary/aromatic N) is 5. The second kappa shape index (κ2) is 6.29. The molecule has 7 nitrogen and oxygen atoms in total. The zero-order valence-corrected chi connectivity index (χ0v) is 13.8. The molecule has 0 aliphatic heterocycles. The highest BCUT2D eigenvalue weighted by Crippen LogP contribution is 2.24. The quantitative estimate of drug-likeness (QED) is 0.738. The van der Waals surface area contributed by atoms with E-state index in [0.717, 1.165) is 22.6 Å². The third-order valence-electron chi connectivity index (χ3n) is 3.65. The fourth-order valence-electron chi connectivity index (χ4n) is 2.52. The SMILES string of the molecule is Cc1cc(/C=N\n2cnnc2)c(C)n1-c1ccc(C(=O)O)c(Cl)c1. The number of benzene rings is 1. The molecule has 0 saturated carbocycles. The Balaban J connectivity index is 2.00. The summed E-state index contributed by atoms with van der Waals surface area (Å²) in [6.07, 6.45) is 4.72. The van der Waals surface area contributed by atoms with Gasteiger partial charge in [0.05, 0.1) is 16.8 Å². The van der Waals surface area contributed by atoms with Crippen LogP contribution in [0.1, 0.15) is 27.3 Å². The van der Waals surface area contributed by atoms with Gasteiger partial charge in [-0.05, 0) is 38.1 Å². The number of hydrogen-bond donors (Lipinski definition) is 1. The van der Waals surface area contributed by atoms with Crippen molar-refractivity contribution in [2.45, 2.75) is 13.8 Å². The Bertz CT molecular complexity index is 928. The fraction of sp³-hybridized carbons (Fsp3) is 0.125. The van der Waals surface area contributed by atoms with Crippen molar-refractivity contribution in [3.8, 4) is 5.69 Å². The standard InChI is InChI=1S/C16H14ClN5O2/c1-10-5-12(7-20-21-8-18-19-9-21)11(2)22(10)13-3-4-14(16(23)24)15(17)6-13/h3-9H,1-2H3,(H,23,24)/b20-7-. The van der Waals surface area contributed by atoms with Gasteiger partial charge in [0, 0.05) is 22.6 Å². The lowest BCUT2D eigenvalue weighted by Crippen LogP contribution is -2.03.